The van der Waals surface area contributed by atoms with Crippen LogP contribution >= 0.6 is 0 Å². The van der Waals surface area contributed by atoms with Gasteiger partial charge < -0.3 is 15.3 Å². The summed E-state index contributed by atoms with van der Waals surface area (Å²) in [5.74, 6) is 0.140. The molecule has 0 spiro atoms. The minimum atomic E-state index is -1.54. The predicted octanol–water partition coefficient (Wildman–Crippen LogP) is 1.78. The van der Waals surface area contributed by atoms with Crippen molar-refractivity contribution in [1.29, 1.82) is 0 Å². The van der Waals surface area contributed by atoms with E-state index in [4.69, 9.17) is 0 Å². The van der Waals surface area contributed by atoms with Gasteiger partial charge in [0.15, 0.2) is 11.6 Å². The molecule has 0 aromatic carbocycles. The van der Waals surface area contributed by atoms with E-state index in [1.165, 1.54) is 5.57 Å². The second-order valence-electron chi connectivity index (χ2n) is 9.56. The molecule has 0 aliphatic heterocycles. The van der Waals surface area contributed by atoms with Crippen LogP contribution in [0.5, 0.6) is 0 Å². The van der Waals surface area contributed by atoms with Gasteiger partial charge >= 0.3 is 0 Å². The molecule has 3 fully saturated rings. The fourth-order valence-electron chi connectivity index (χ4n) is 7.28. The highest BCUT2D eigenvalue weighted by Gasteiger charge is 2.68. The lowest BCUT2D eigenvalue weighted by Crippen LogP contribution is -2.62. The van der Waals surface area contributed by atoms with Crippen LogP contribution in [0.4, 0.5) is 0 Å². The largest absolute Gasteiger partial charge is 0.393 e. The summed E-state index contributed by atoms with van der Waals surface area (Å²) in [5, 5.41) is 31.7. The Labute approximate surface area is 154 Å². The van der Waals surface area contributed by atoms with Gasteiger partial charge in [-0.05, 0) is 67.8 Å². The average molecular weight is 362 g/mol. The Kier molecular flexibility index (Phi) is 4.04. The Hall–Kier alpha value is -1.04. The van der Waals surface area contributed by atoms with Gasteiger partial charge in [0, 0.05) is 11.8 Å². The third-order valence-electron chi connectivity index (χ3n) is 8.65. The third-order valence-corrected chi connectivity index (χ3v) is 8.65. The van der Waals surface area contributed by atoms with Crippen molar-refractivity contribution in [2.75, 3.05) is 6.61 Å². The van der Waals surface area contributed by atoms with Crippen LogP contribution in [-0.4, -0.2) is 45.2 Å². The Bertz CT molecular complexity index is 684. The number of allylic oxidation sites excluding steroid dienone is 1. The van der Waals surface area contributed by atoms with Crippen molar-refractivity contribution in [3.8, 4) is 0 Å². The topological polar surface area (TPSA) is 94.8 Å². The fraction of sp³-hybridized carbons (Fsp3) is 0.810. The molecule has 4 rings (SSSR count). The molecule has 7 atom stereocenters. The van der Waals surface area contributed by atoms with E-state index in [0.29, 0.717) is 19.3 Å². The smallest absolute Gasteiger partial charge is 0.190 e. The van der Waals surface area contributed by atoms with Gasteiger partial charge in [0.2, 0.25) is 0 Å². The monoisotopic (exact) mass is 362 g/mol. The quantitative estimate of drug-likeness (QED) is 0.696. The number of rotatable bonds is 2. The summed E-state index contributed by atoms with van der Waals surface area (Å²) in [7, 11) is 0. The molecule has 0 unspecified atom stereocenters. The van der Waals surface area contributed by atoms with Crippen LogP contribution in [0.3, 0.4) is 0 Å². The Morgan fingerprint density at radius 1 is 1.23 bits per heavy atom. The van der Waals surface area contributed by atoms with Gasteiger partial charge in [0.1, 0.15) is 12.2 Å². The van der Waals surface area contributed by atoms with Crippen molar-refractivity contribution in [3.05, 3.63) is 11.6 Å². The zero-order valence-electron chi connectivity index (χ0n) is 15.7. The molecule has 0 aromatic heterocycles. The van der Waals surface area contributed by atoms with Crippen molar-refractivity contribution in [2.24, 2.45) is 28.6 Å². The lowest BCUT2D eigenvalue weighted by Gasteiger charge is -2.60. The van der Waals surface area contributed by atoms with Gasteiger partial charge in [0.25, 0.3) is 0 Å². The Morgan fingerprint density at radius 2 is 1.96 bits per heavy atom. The highest BCUT2D eigenvalue weighted by Crippen LogP contribution is 2.67. The Balaban J connectivity index is 1.74. The molecule has 5 heteroatoms. The van der Waals surface area contributed by atoms with Crippen molar-refractivity contribution in [3.63, 3.8) is 0 Å². The number of Topliss-reactive ketones (excluding diaryl/α,β-unsaturated/α-hetero) is 1. The van der Waals surface area contributed by atoms with E-state index in [9.17, 15) is 24.9 Å². The van der Waals surface area contributed by atoms with E-state index < -0.39 is 29.5 Å². The summed E-state index contributed by atoms with van der Waals surface area (Å²) in [6.07, 6.45) is 5.74. The number of aliphatic hydroxyl groups excluding tert-OH is 2. The first-order valence-electron chi connectivity index (χ1n) is 9.96. The standard InChI is InChI=1S/C21H30O5/c1-19-7-5-13(23)9-12(19)3-4-14-15-6-8-21(26,17(25)11-22)20(15,2)10-16(24)18(14)19/h9,14-16,18,22,24,26H,3-8,10-11H2,1-2H3/t14-,15-,16-,18+,19-,20+,21-/m1/s1. The number of hydrogen-bond acceptors (Lipinski definition) is 5. The van der Waals surface area contributed by atoms with E-state index in [2.05, 4.69) is 6.92 Å². The molecule has 0 amide bonds. The summed E-state index contributed by atoms with van der Waals surface area (Å²) < 4.78 is 0. The summed E-state index contributed by atoms with van der Waals surface area (Å²) in [4.78, 5) is 24.3. The number of fused-ring (bicyclic) bond motifs is 5. The molecule has 0 radical (unpaired) electrons. The van der Waals surface area contributed by atoms with Crippen LogP contribution in [0.15, 0.2) is 11.6 Å². The van der Waals surface area contributed by atoms with E-state index in [-0.39, 0.29) is 29.0 Å². The first-order valence-corrected chi connectivity index (χ1v) is 9.96. The SMILES string of the molecule is C[C@]12C[C@@H](O)[C@@H]3[C@H](CCC4=CC(=O)CC[C@]43C)[C@H]1CC[C@@]2(O)C(=O)CO. The molecule has 0 heterocycles. The minimum absolute atomic E-state index is 0.0697. The van der Waals surface area contributed by atoms with Gasteiger partial charge in [0.05, 0.1) is 6.10 Å². The molecule has 0 saturated heterocycles. The average Bonchev–Trinajstić information content (AvgIpc) is 2.86. The highest BCUT2D eigenvalue weighted by molar-refractivity contribution is 5.91. The normalized spacial score (nSPS) is 50.5. The van der Waals surface area contributed by atoms with E-state index >= 15 is 0 Å². The number of carbonyl (C=O) groups is 2. The maximum atomic E-state index is 12.4. The first kappa shape index (κ1) is 18.3. The molecular formula is C21H30O5. The van der Waals surface area contributed by atoms with Crippen molar-refractivity contribution in [1.82, 2.24) is 0 Å². The van der Waals surface area contributed by atoms with Crippen LogP contribution < -0.4 is 0 Å². The number of ketones is 2. The molecule has 3 N–H and O–H groups in total. The lowest BCUT2D eigenvalue weighted by molar-refractivity contribution is -0.182. The minimum Gasteiger partial charge on any atom is -0.393 e. The molecule has 0 bridgehead atoms. The van der Waals surface area contributed by atoms with Crippen LogP contribution in [-0.2, 0) is 9.59 Å². The van der Waals surface area contributed by atoms with Gasteiger partial charge in [-0.2, -0.15) is 0 Å². The summed E-state index contributed by atoms with van der Waals surface area (Å²) in [6.45, 7) is 3.46. The van der Waals surface area contributed by atoms with E-state index in [0.717, 1.165) is 25.7 Å². The molecular weight excluding hydrogens is 332 g/mol. The highest BCUT2D eigenvalue weighted by atomic mass is 16.3. The Morgan fingerprint density at radius 3 is 2.65 bits per heavy atom. The van der Waals surface area contributed by atoms with Gasteiger partial charge in [-0.25, -0.2) is 0 Å². The first-order chi connectivity index (χ1) is 12.2. The second kappa shape index (κ2) is 5.73. The molecule has 144 valence electrons. The second-order valence-corrected chi connectivity index (χ2v) is 9.56. The molecule has 5 nitrogen and oxygen atoms in total. The third kappa shape index (κ3) is 2.14. The van der Waals surface area contributed by atoms with Gasteiger partial charge in [-0.15, -0.1) is 0 Å². The maximum absolute atomic E-state index is 12.4. The molecule has 3 saturated carbocycles. The number of hydrogen-bond donors (Lipinski definition) is 3. The summed E-state index contributed by atoms with van der Waals surface area (Å²) >= 11 is 0. The zero-order valence-corrected chi connectivity index (χ0v) is 15.7. The van der Waals surface area contributed by atoms with Crippen molar-refractivity contribution < 1.29 is 24.9 Å². The van der Waals surface area contributed by atoms with E-state index in [1.54, 1.807) is 6.08 Å². The molecule has 4 aliphatic carbocycles. The van der Waals surface area contributed by atoms with Crippen molar-refractivity contribution >= 4 is 11.6 Å². The number of carbonyl (C=O) groups excluding carboxylic acids is 2. The maximum Gasteiger partial charge on any atom is 0.190 e. The van der Waals surface area contributed by atoms with Crippen LogP contribution in [0.25, 0.3) is 0 Å². The van der Waals surface area contributed by atoms with Crippen LogP contribution in [0.2, 0.25) is 0 Å². The van der Waals surface area contributed by atoms with E-state index in [1.807, 2.05) is 6.92 Å². The van der Waals surface area contributed by atoms with Gasteiger partial charge in [-0.1, -0.05) is 19.4 Å². The molecule has 26 heavy (non-hydrogen) atoms. The summed E-state index contributed by atoms with van der Waals surface area (Å²) in [6, 6.07) is 0. The molecule has 4 aliphatic rings. The zero-order chi connectivity index (χ0) is 18.9. The van der Waals surface area contributed by atoms with Crippen LogP contribution in [0, 0.1) is 28.6 Å². The lowest BCUT2D eigenvalue weighted by atomic mass is 9.45. The summed E-state index contributed by atoms with van der Waals surface area (Å²) in [5.41, 5.74) is -1.23. The van der Waals surface area contributed by atoms with Crippen molar-refractivity contribution in [2.45, 2.75) is 70.5 Å². The number of aliphatic hydroxyl groups is 3. The predicted molar refractivity (Wildman–Crippen MR) is 95.1 cm³/mol. The van der Waals surface area contributed by atoms with Gasteiger partial charge in [-0.3, -0.25) is 9.59 Å². The van der Waals surface area contributed by atoms with Crippen LogP contribution in [0.1, 0.15) is 58.8 Å². The molecule has 0 aromatic rings. The fourth-order valence-corrected chi connectivity index (χ4v) is 7.28.